The van der Waals surface area contributed by atoms with Gasteiger partial charge in [-0.1, -0.05) is 61.6 Å². The molecule has 3 saturated carbocycles. The van der Waals surface area contributed by atoms with Crippen LogP contribution in [0.25, 0.3) is 0 Å². The number of anilines is 1. The van der Waals surface area contributed by atoms with Crippen LogP contribution in [0.5, 0.6) is 0 Å². The van der Waals surface area contributed by atoms with E-state index in [1.807, 2.05) is 0 Å². The third-order valence-corrected chi connectivity index (χ3v) is 7.83. The van der Waals surface area contributed by atoms with E-state index in [0.717, 1.165) is 9.47 Å². The highest BCUT2D eigenvalue weighted by Gasteiger charge is 2.32. The van der Waals surface area contributed by atoms with Crippen LogP contribution in [-0.4, -0.2) is 44.9 Å². The first-order valence-electron chi connectivity index (χ1n) is 10.3. The van der Waals surface area contributed by atoms with E-state index < -0.39 is 0 Å². The third kappa shape index (κ3) is 4.91. The Morgan fingerprint density at radius 3 is 2.15 bits per heavy atom. The van der Waals surface area contributed by atoms with Gasteiger partial charge in [0.15, 0.2) is 4.34 Å². The molecule has 3 fully saturated rings. The lowest BCUT2D eigenvalue weighted by Crippen LogP contribution is -2.49. The van der Waals surface area contributed by atoms with Crippen molar-refractivity contribution in [3.63, 3.8) is 0 Å². The summed E-state index contributed by atoms with van der Waals surface area (Å²) < 4.78 is 0.911. The molecule has 144 valence electrons. The first-order chi connectivity index (χ1) is 12.8. The van der Waals surface area contributed by atoms with Crippen LogP contribution in [0.1, 0.15) is 77.0 Å². The van der Waals surface area contributed by atoms with Gasteiger partial charge < -0.3 is 10.2 Å². The number of rotatable bonds is 7. The average Bonchev–Trinajstić information content (AvgIpc) is 3.38. The normalized spacial score (nSPS) is 22.3. The molecule has 4 rings (SSSR count). The van der Waals surface area contributed by atoms with Crippen molar-refractivity contribution in [3.8, 4) is 0 Å². The maximum atomic E-state index is 13.2. The van der Waals surface area contributed by atoms with Gasteiger partial charge in [0.05, 0.1) is 5.75 Å². The second-order valence-electron chi connectivity index (χ2n) is 7.97. The van der Waals surface area contributed by atoms with Crippen LogP contribution in [0.3, 0.4) is 0 Å². The van der Waals surface area contributed by atoms with E-state index in [4.69, 9.17) is 0 Å². The molecule has 1 amide bonds. The number of aromatic nitrogens is 2. The predicted molar refractivity (Wildman–Crippen MR) is 108 cm³/mol. The molecule has 0 spiro atoms. The fraction of sp³-hybridized carbons (Fsp3) is 0.842. The fourth-order valence-corrected chi connectivity index (χ4v) is 6.05. The SMILES string of the molecule is O=C(CSc1nnc(NC2CC2)s1)N(C1CCCCC1)C1CCCCC1. The first kappa shape index (κ1) is 18.5. The molecule has 0 radical (unpaired) electrons. The van der Waals surface area contributed by atoms with Crippen molar-refractivity contribution in [2.75, 3.05) is 11.1 Å². The summed E-state index contributed by atoms with van der Waals surface area (Å²) in [6.07, 6.45) is 15.0. The van der Waals surface area contributed by atoms with Crippen LogP contribution >= 0.6 is 23.1 Å². The van der Waals surface area contributed by atoms with E-state index in [9.17, 15) is 4.79 Å². The Morgan fingerprint density at radius 2 is 1.58 bits per heavy atom. The molecule has 3 aliphatic carbocycles. The maximum absolute atomic E-state index is 13.2. The molecule has 0 aromatic carbocycles. The lowest BCUT2D eigenvalue weighted by atomic mass is 9.88. The number of carbonyl (C=O) groups excluding carboxylic acids is 1. The summed E-state index contributed by atoms with van der Waals surface area (Å²) in [5, 5.41) is 12.8. The number of carbonyl (C=O) groups is 1. The molecule has 26 heavy (non-hydrogen) atoms. The Bertz CT molecular complexity index is 574. The smallest absolute Gasteiger partial charge is 0.233 e. The van der Waals surface area contributed by atoms with Gasteiger partial charge in [-0.3, -0.25) is 4.79 Å². The van der Waals surface area contributed by atoms with E-state index in [1.54, 1.807) is 23.1 Å². The summed E-state index contributed by atoms with van der Waals surface area (Å²) in [5.41, 5.74) is 0. The topological polar surface area (TPSA) is 58.1 Å². The molecule has 0 unspecified atom stereocenters. The van der Waals surface area contributed by atoms with Gasteiger partial charge in [0, 0.05) is 18.1 Å². The summed E-state index contributed by atoms with van der Waals surface area (Å²) in [6.45, 7) is 0. The van der Waals surface area contributed by atoms with Crippen molar-refractivity contribution in [1.29, 1.82) is 0 Å². The van der Waals surface area contributed by atoms with E-state index in [2.05, 4.69) is 20.4 Å². The molecular formula is C19H30N4OS2. The predicted octanol–water partition coefficient (Wildman–Crippen LogP) is 4.70. The van der Waals surface area contributed by atoms with Crippen molar-refractivity contribution in [1.82, 2.24) is 15.1 Å². The molecule has 1 aromatic rings. The largest absolute Gasteiger partial charge is 0.357 e. The number of amides is 1. The van der Waals surface area contributed by atoms with Gasteiger partial charge in [0.2, 0.25) is 11.0 Å². The van der Waals surface area contributed by atoms with Crippen LogP contribution in [-0.2, 0) is 4.79 Å². The molecule has 3 aliphatic rings. The Balaban J connectivity index is 1.35. The van der Waals surface area contributed by atoms with Crippen LogP contribution in [0.2, 0.25) is 0 Å². The number of nitrogens with one attached hydrogen (secondary N) is 1. The molecule has 1 heterocycles. The molecule has 1 aromatic heterocycles. The van der Waals surface area contributed by atoms with Gasteiger partial charge >= 0.3 is 0 Å². The lowest BCUT2D eigenvalue weighted by molar-refractivity contribution is -0.135. The molecule has 1 N–H and O–H groups in total. The summed E-state index contributed by atoms with van der Waals surface area (Å²) in [4.78, 5) is 15.5. The maximum Gasteiger partial charge on any atom is 0.233 e. The zero-order valence-electron chi connectivity index (χ0n) is 15.5. The molecule has 0 atom stereocenters. The Kier molecular flexibility index (Phi) is 6.36. The van der Waals surface area contributed by atoms with Crippen LogP contribution in [0, 0.1) is 0 Å². The minimum Gasteiger partial charge on any atom is -0.357 e. The van der Waals surface area contributed by atoms with E-state index in [1.165, 1.54) is 77.0 Å². The second-order valence-corrected chi connectivity index (χ2v) is 10.2. The van der Waals surface area contributed by atoms with Crippen molar-refractivity contribution in [2.24, 2.45) is 0 Å². The molecule has 0 saturated heterocycles. The monoisotopic (exact) mass is 394 g/mol. The summed E-state index contributed by atoms with van der Waals surface area (Å²) in [6, 6.07) is 1.54. The van der Waals surface area contributed by atoms with Crippen molar-refractivity contribution in [2.45, 2.75) is 99.5 Å². The number of thioether (sulfide) groups is 1. The molecule has 0 bridgehead atoms. The van der Waals surface area contributed by atoms with Crippen LogP contribution in [0.15, 0.2) is 4.34 Å². The van der Waals surface area contributed by atoms with Gasteiger partial charge in [0.25, 0.3) is 0 Å². The third-order valence-electron chi connectivity index (χ3n) is 5.85. The Morgan fingerprint density at radius 1 is 0.962 bits per heavy atom. The quantitative estimate of drug-likeness (QED) is 0.679. The van der Waals surface area contributed by atoms with Gasteiger partial charge in [-0.2, -0.15) is 0 Å². The zero-order chi connectivity index (χ0) is 17.8. The first-order valence-corrected chi connectivity index (χ1v) is 12.1. The van der Waals surface area contributed by atoms with Gasteiger partial charge in [-0.05, 0) is 38.5 Å². The van der Waals surface area contributed by atoms with Crippen molar-refractivity contribution >= 4 is 34.1 Å². The average molecular weight is 395 g/mol. The lowest BCUT2D eigenvalue weighted by Gasteiger charge is -2.41. The molecule has 0 aliphatic heterocycles. The van der Waals surface area contributed by atoms with Crippen LogP contribution in [0.4, 0.5) is 5.13 Å². The van der Waals surface area contributed by atoms with Gasteiger partial charge in [-0.15, -0.1) is 10.2 Å². The van der Waals surface area contributed by atoms with Gasteiger partial charge in [-0.25, -0.2) is 0 Å². The van der Waals surface area contributed by atoms with Crippen molar-refractivity contribution in [3.05, 3.63) is 0 Å². The van der Waals surface area contributed by atoms with E-state index >= 15 is 0 Å². The Labute approximate surface area is 164 Å². The number of hydrogen-bond donors (Lipinski definition) is 1. The molecule has 7 heteroatoms. The minimum atomic E-state index is 0.320. The van der Waals surface area contributed by atoms with E-state index in [0.29, 0.717) is 29.8 Å². The Hall–Kier alpha value is -0.820. The van der Waals surface area contributed by atoms with Gasteiger partial charge in [0.1, 0.15) is 0 Å². The number of hydrogen-bond acceptors (Lipinski definition) is 6. The van der Waals surface area contributed by atoms with E-state index in [-0.39, 0.29) is 0 Å². The zero-order valence-corrected chi connectivity index (χ0v) is 17.1. The highest BCUT2D eigenvalue weighted by molar-refractivity contribution is 8.01. The number of nitrogens with zero attached hydrogens (tertiary/aromatic N) is 3. The summed E-state index contributed by atoms with van der Waals surface area (Å²) in [5.74, 6) is 0.825. The van der Waals surface area contributed by atoms with Crippen molar-refractivity contribution < 1.29 is 4.79 Å². The summed E-state index contributed by atoms with van der Waals surface area (Å²) in [7, 11) is 0. The standard InChI is InChI=1S/C19H30N4OS2/c24-17(13-25-19-22-21-18(26-19)20-14-11-12-14)23(15-7-3-1-4-8-15)16-9-5-2-6-10-16/h14-16H,1-13H2,(H,20,21). The second kappa shape index (κ2) is 8.91. The minimum absolute atomic E-state index is 0.320. The fourth-order valence-electron chi connectivity index (χ4n) is 4.35. The summed E-state index contributed by atoms with van der Waals surface area (Å²) >= 11 is 3.15. The highest BCUT2D eigenvalue weighted by Crippen LogP contribution is 2.33. The molecular weight excluding hydrogens is 364 g/mol. The highest BCUT2D eigenvalue weighted by atomic mass is 32.2. The molecule has 5 nitrogen and oxygen atoms in total. The van der Waals surface area contributed by atoms with Crippen LogP contribution < -0.4 is 5.32 Å².